The maximum Gasteiger partial charge on any atom is 0.256 e. The number of hydrogen-bond donors (Lipinski definition) is 2. The van der Waals surface area contributed by atoms with Crippen LogP contribution >= 0.6 is 11.6 Å². The van der Waals surface area contributed by atoms with Crippen LogP contribution in [-0.2, 0) is 0 Å². The number of nitrogens with one attached hydrogen (secondary N) is 1. The third-order valence-electron chi connectivity index (χ3n) is 2.32. The molecule has 0 atom stereocenters. The lowest BCUT2D eigenvalue weighted by Crippen LogP contribution is -2.15. The van der Waals surface area contributed by atoms with Crippen LogP contribution in [0.15, 0.2) is 29.1 Å². The van der Waals surface area contributed by atoms with Crippen LogP contribution in [0.25, 0.3) is 11.4 Å². The van der Waals surface area contributed by atoms with Gasteiger partial charge in [0.1, 0.15) is 11.6 Å². The van der Waals surface area contributed by atoms with E-state index in [-0.39, 0.29) is 11.4 Å². The summed E-state index contributed by atoms with van der Waals surface area (Å²) in [5.74, 6) is 0.609. The smallest absolute Gasteiger partial charge is 0.256 e. The zero-order valence-electron chi connectivity index (χ0n) is 8.62. The first-order chi connectivity index (χ1) is 7.59. The number of aromatic nitrogens is 2. The molecule has 0 unspecified atom stereocenters. The molecule has 0 radical (unpaired) electrons. The first-order valence-electron chi connectivity index (χ1n) is 4.71. The summed E-state index contributed by atoms with van der Waals surface area (Å²) < 4.78 is 0. The normalized spacial score (nSPS) is 10.4. The Kier molecular flexibility index (Phi) is 2.66. The highest BCUT2D eigenvalue weighted by atomic mass is 35.5. The molecule has 0 saturated heterocycles. The van der Waals surface area contributed by atoms with Gasteiger partial charge in [-0.1, -0.05) is 23.7 Å². The molecule has 1 aromatic heterocycles. The second-order valence-corrected chi connectivity index (χ2v) is 3.81. The van der Waals surface area contributed by atoms with Crippen molar-refractivity contribution in [2.24, 2.45) is 0 Å². The predicted molar refractivity (Wildman–Crippen MR) is 64.5 cm³/mol. The van der Waals surface area contributed by atoms with Gasteiger partial charge in [0.15, 0.2) is 0 Å². The van der Waals surface area contributed by atoms with Crippen LogP contribution in [0, 0.1) is 6.92 Å². The van der Waals surface area contributed by atoms with Crippen molar-refractivity contribution in [2.45, 2.75) is 6.92 Å². The van der Waals surface area contributed by atoms with Crippen molar-refractivity contribution in [3.05, 3.63) is 45.2 Å². The van der Waals surface area contributed by atoms with Gasteiger partial charge in [0.25, 0.3) is 5.56 Å². The minimum Gasteiger partial charge on any atom is -0.383 e. The molecular weight excluding hydrogens is 226 g/mol. The van der Waals surface area contributed by atoms with Gasteiger partial charge in [-0.3, -0.25) is 4.79 Å². The van der Waals surface area contributed by atoms with Crippen molar-refractivity contribution in [1.29, 1.82) is 0 Å². The minimum atomic E-state index is -0.248. The first kappa shape index (κ1) is 10.7. The second kappa shape index (κ2) is 3.98. The van der Waals surface area contributed by atoms with Gasteiger partial charge in [0.2, 0.25) is 0 Å². The number of halogens is 1. The van der Waals surface area contributed by atoms with Crippen LogP contribution in [0.2, 0.25) is 5.02 Å². The van der Waals surface area contributed by atoms with Crippen molar-refractivity contribution in [2.75, 3.05) is 5.73 Å². The monoisotopic (exact) mass is 235 g/mol. The highest BCUT2D eigenvalue weighted by molar-refractivity contribution is 6.33. The second-order valence-electron chi connectivity index (χ2n) is 3.40. The van der Waals surface area contributed by atoms with Crippen LogP contribution in [0.1, 0.15) is 5.56 Å². The molecule has 0 bridgehead atoms. The highest BCUT2D eigenvalue weighted by Gasteiger charge is 2.08. The van der Waals surface area contributed by atoms with Crippen molar-refractivity contribution < 1.29 is 0 Å². The number of aromatic amines is 1. The molecule has 0 amide bonds. The SMILES string of the molecule is Cc1c(N)nc(-c2ccccc2Cl)[nH]c1=O. The van der Waals surface area contributed by atoms with Gasteiger partial charge in [0.05, 0.1) is 10.6 Å². The zero-order valence-corrected chi connectivity index (χ0v) is 9.38. The van der Waals surface area contributed by atoms with E-state index >= 15 is 0 Å². The molecule has 5 heteroatoms. The minimum absolute atomic E-state index is 0.221. The number of nitrogens with zero attached hydrogens (tertiary/aromatic N) is 1. The van der Waals surface area contributed by atoms with E-state index < -0.39 is 0 Å². The van der Waals surface area contributed by atoms with Crippen molar-refractivity contribution in [3.8, 4) is 11.4 Å². The van der Waals surface area contributed by atoms with Gasteiger partial charge >= 0.3 is 0 Å². The van der Waals surface area contributed by atoms with Gasteiger partial charge in [-0.15, -0.1) is 0 Å². The third kappa shape index (κ3) is 1.79. The van der Waals surface area contributed by atoms with E-state index in [0.717, 1.165) is 0 Å². The number of benzene rings is 1. The Hall–Kier alpha value is -1.81. The average Bonchev–Trinajstić information content (AvgIpc) is 2.26. The van der Waals surface area contributed by atoms with Gasteiger partial charge in [-0.25, -0.2) is 4.98 Å². The van der Waals surface area contributed by atoms with Crippen LogP contribution < -0.4 is 11.3 Å². The number of nitrogen functional groups attached to an aromatic ring is 1. The van der Waals surface area contributed by atoms with Gasteiger partial charge < -0.3 is 10.7 Å². The first-order valence-corrected chi connectivity index (χ1v) is 5.08. The Bertz CT molecular complexity index is 592. The average molecular weight is 236 g/mol. The number of hydrogen-bond acceptors (Lipinski definition) is 3. The molecule has 0 aliphatic heterocycles. The van der Waals surface area contributed by atoms with Gasteiger partial charge in [-0.05, 0) is 19.1 Å². The highest BCUT2D eigenvalue weighted by Crippen LogP contribution is 2.24. The molecule has 82 valence electrons. The van der Waals surface area contributed by atoms with E-state index in [1.54, 1.807) is 19.1 Å². The Morgan fingerprint density at radius 2 is 2.06 bits per heavy atom. The standard InChI is InChI=1S/C11H10ClN3O/c1-6-9(13)14-10(15-11(6)16)7-4-2-3-5-8(7)12/h2-5H,1H3,(H3,13,14,15,16). The Morgan fingerprint density at radius 1 is 1.38 bits per heavy atom. The fourth-order valence-corrected chi connectivity index (χ4v) is 1.56. The van der Waals surface area contributed by atoms with Gasteiger partial charge in [0, 0.05) is 5.56 Å². The summed E-state index contributed by atoms with van der Waals surface area (Å²) >= 11 is 6.00. The molecule has 16 heavy (non-hydrogen) atoms. The molecule has 0 aliphatic carbocycles. The van der Waals surface area contributed by atoms with E-state index in [0.29, 0.717) is 22.0 Å². The third-order valence-corrected chi connectivity index (χ3v) is 2.65. The predicted octanol–water partition coefficient (Wildman–Crippen LogP) is 1.98. The lowest BCUT2D eigenvalue weighted by molar-refractivity contribution is 1.10. The van der Waals surface area contributed by atoms with E-state index in [1.807, 2.05) is 12.1 Å². The van der Waals surface area contributed by atoms with E-state index in [1.165, 1.54) is 0 Å². The van der Waals surface area contributed by atoms with Crippen LogP contribution in [0.3, 0.4) is 0 Å². The molecule has 4 nitrogen and oxygen atoms in total. The summed E-state index contributed by atoms with van der Waals surface area (Å²) in [4.78, 5) is 18.3. The van der Waals surface area contributed by atoms with E-state index in [2.05, 4.69) is 9.97 Å². The Morgan fingerprint density at radius 3 is 2.69 bits per heavy atom. The molecule has 3 N–H and O–H groups in total. The fourth-order valence-electron chi connectivity index (χ4n) is 1.33. The Labute approximate surface area is 97.1 Å². The summed E-state index contributed by atoms with van der Waals surface area (Å²) in [5.41, 5.74) is 6.46. The van der Waals surface area contributed by atoms with Crippen molar-refractivity contribution >= 4 is 17.4 Å². The number of anilines is 1. The molecule has 0 fully saturated rings. The lowest BCUT2D eigenvalue weighted by atomic mass is 10.2. The lowest BCUT2D eigenvalue weighted by Gasteiger charge is -2.05. The van der Waals surface area contributed by atoms with Crippen LogP contribution in [-0.4, -0.2) is 9.97 Å². The molecule has 0 spiro atoms. The van der Waals surface area contributed by atoms with Gasteiger partial charge in [-0.2, -0.15) is 0 Å². The summed E-state index contributed by atoms with van der Waals surface area (Å²) in [6.45, 7) is 1.62. The molecule has 1 aromatic carbocycles. The number of nitrogens with two attached hydrogens (primary N) is 1. The number of H-pyrrole nitrogens is 1. The van der Waals surface area contributed by atoms with Crippen LogP contribution in [0.4, 0.5) is 5.82 Å². The topological polar surface area (TPSA) is 71.8 Å². The largest absolute Gasteiger partial charge is 0.383 e. The summed E-state index contributed by atoms with van der Waals surface area (Å²) in [5, 5.41) is 0.522. The molecular formula is C11H10ClN3O. The molecule has 1 heterocycles. The van der Waals surface area contributed by atoms with Crippen LogP contribution in [0.5, 0.6) is 0 Å². The Balaban J connectivity index is 2.67. The van der Waals surface area contributed by atoms with E-state index in [4.69, 9.17) is 17.3 Å². The van der Waals surface area contributed by atoms with E-state index in [9.17, 15) is 4.79 Å². The molecule has 0 saturated carbocycles. The maximum atomic E-state index is 11.5. The fraction of sp³-hybridized carbons (Fsp3) is 0.0909. The molecule has 2 aromatic rings. The number of rotatable bonds is 1. The quantitative estimate of drug-likeness (QED) is 0.794. The maximum absolute atomic E-state index is 11.5. The summed E-state index contributed by atoms with van der Waals surface area (Å²) in [7, 11) is 0. The summed E-state index contributed by atoms with van der Waals surface area (Å²) in [6, 6.07) is 7.13. The zero-order chi connectivity index (χ0) is 11.7. The summed E-state index contributed by atoms with van der Waals surface area (Å²) in [6.07, 6.45) is 0. The van der Waals surface area contributed by atoms with Crippen molar-refractivity contribution in [3.63, 3.8) is 0 Å². The molecule has 2 rings (SSSR count). The molecule has 0 aliphatic rings. The van der Waals surface area contributed by atoms with Crippen molar-refractivity contribution in [1.82, 2.24) is 9.97 Å².